The largest absolute Gasteiger partial charge is 0.460 e. The van der Waals surface area contributed by atoms with Gasteiger partial charge < -0.3 is 48.8 Å². The summed E-state index contributed by atoms with van der Waals surface area (Å²) in [5.74, 6) is 2.18. The quantitative estimate of drug-likeness (QED) is 0.118. The molecule has 17 heteroatoms. The Morgan fingerprint density at radius 1 is 0.658 bits per heavy atom. The van der Waals surface area contributed by atoms with Gasteiger partial charge in [-0.3, -0.25) is 14.4 Å². The molecule has 2 saturated heterocycles. The summed E-state index contributed by atoms with van der Waals surface area (Å²) >= 11 is 0. The average molecular weight is 988 g/mol. The van der Waals surface area contributed by atoms with Gasteiger partial charge in [0.05, 0.1) is 52.1 Å². The highest BCUT2D eigenvalue weighted by molar-refractivity contribution is 5.99. The number of aromatic nitrogens is 8. The molecule has 8 aromatic rings. The highest BCUT2D eigenvalue weighted by Gasteiger charge is 2.35. The number of hydrogen-bond donors (Lipinski definition) is 3. The predicted molar refractivity (Wildman–Crippen MR) is 279 cm³/mol. The van der Waals surface area contributed by atoms with Crippen molar-refractivity contribution in [1.29, 1.82) is 0 Å². The molecule has 2 amide bonds. The van der Waals surface area contributed by atoms with Crippen molar-refractivity contribution in [3.8, 4) is 23.0 Å². The Morgan fingerprint density at radius 3 is 1.60 bits per heavy atom. The number of pyridine rings is 2. The van der Waals surface area contributed by atoms with Crippen LogP contribution in [0.2, 0.25) is 0 Å². The van der Waals surface area contributed by atoms with Crippen molar-refractivity contribution in [2.45, 2.75) is 103 Å². The zero-order chi connectivity index (χ0) is 50.9. The van der Waals surface area contributed by atoms with Gasteiger partial charge in [0.2, 0.25) is 0 Å². The molecule has 6 aromatic heterocycles. The number of fused-ring (bicyclic) bond motifs is 4. The molecular weight excluding hydrogens is 923 g/mol. The Labute approximate surface area is 423 Å². The number of piperidine rings is 2. The Balaban J connectivity index is 0.000000160. The van der Waals surface area contributed by atoms with E-state index in [1.54, 1.807) is 9.80 Å². The second-order valence-corrected chi connectivity index (χ2v) is 21.8. The fourth-order valence-corrected chi connectivity index (χ4v) is 10.7. The van der Waals surface area contributed by atoms with Crippen LogP contribution in [0.4, 0.5) is 0 Å². The number of carbonyl (C=O) groups is 3. The van der Waals surface area contributed by atoms with Gasteiger partial charge in [-0.15, -0.1) is 0 Å². The number of ether oxygens (including phenoxy) is 1. The number of benzene rings is 2. The van der Waals surface area contributed by atoms with Crippen LogP contribution in [0, 0.1) is 17.8 Å². The maximum atomic E-state index is 13.6. The zero-order valence-electron chi connectivity index (χ0n) is 42.3. The highest BCUT2D eigenvalue weighted by atomic mass is 16.6. The lowest BCUT2D eigenvalue weighted by molar-refractivity contribution is -0.157. The van der Waals surface area contributed by atoms with E-state index in [2.05, 4.69) is 52.5 Å². The monoisotopic (exact) mass is 988 g/mol. The molecule has 2 saturated carbocycles. The molecule has 0 spiro atoms. The number of aliphatic hydroxyl groups is 2. The van der Waals surface area contributed by atoms with E-state index in [1.807, 2.05) is 95.8 Å². The van der Waals surface area contributed by atoms with E-state index in [0.29, 0.717) is 62.0 Å². The van der Waals surface area contributed by atoms with Crippen LogP contribution in [0.3, 0.4) is 0 Å². The topological polar surface area (TPSA) is 205 Å². The molecule has 2 aliphatic heterocycles. The van der Waals surface area contributed by atoms with Gasteiger partial charge >= 0.3 is 5.97 Å². The van der Waals surface area contributed by atoms with Crippen molar-refractivity contribution >= 4 is 61.9 Å². The fourth-order valence-electron chi connectivity index (χ4n) is 10.7. The zero-order valence-corrected chi connectivity index (χ0v) is 42.3. The first-order valence-corrected chi connectivity index (χ1v) is 25.8. The number of rotatable bonds is 10. The van der Waals surface area contributed by atoms with Crippen LogP contribution < -0.4 is 5.73 Å². The van der Waals surface area contributed by atoms with Gasteiger partial charge in [-0.1, -0.05) is 0 Å². The average Bonchev–Trinajstić information content (AvgIpc) is 4.26. The highest BCUT2D eigenvalue weighted by Crippen LogP contribution is 2.38. The van der Waals surface area contributed by atoms with Crippen molar-refractivity contribution in [2.75, 3.05) is 26.2 Å². The summed E-state index contributed by atoms with van der Waals surface area (Å²) in [6.45, 7) is 8.94. The Hall–Kier alpha value is -6.95. The summed E-state index contributed by atoms with van der Waals surface area (Å²) in [5, 5.41) is 22.6. The van der Waals surface area contributed by atoms with Gasteiger partial charge in [0.15, 0.2) is 11.6 Å². The van der Waals surface area contributed by atoms with E-state index in [1.165, 1.54) is 25.7 Å². The fraction of sp³-hybridized carbons (Fsp3) is 0.446. The lowest BCUT2D eigenvalue weighted by Gasteiger charge is -2.36. The number of imidazole rings is 2. The van der Waals surface area contributed by atoms with Crippen LogP contribution in [0.25, 0.3) is 67.2 Å². The SMILES string of the molecule is Cn1c(-c2cc3cccnc3n2CC2CC2)nc2cc(C(=O)N3CC[C@H](O)[C@@H](CC(=O)OC(C)(C)C)C3)ccc21.Cn1c(-c2cc3cccnc3n2CC2CC2)nc2cc(C(=O)N3CC[C@H](O)[C@@H](N)C3)ccc21. The molecule has 8 heterocycles. The summed E-state index contributed by atoms with van der Waals surface area (Å²) in [4.78, 5) is 61.8. The predicted octanol–water partition coefficient (Wildman–Crippen LogP) is 7.09. The molecule has 73 heavy (non-hydrogen) atoms. The lowest BCUT2D eigenvalue weighted by atomic mass is 9.91. The first-order chi connectivity index (χ1) is 35.1. The lowest BCUT2D eigenvalue weighted by Crippen LogP contribution is -2.53. The third-order valence-corrected chi connectivity index (χ3v) is 15.0. The summed E-state index contributed by atoms with van der Waals surface area (Å²) in [5.41, 5.74) is 14.0. The van der Waals surface area contributed by atoms with Crippen LogP contribution in [-0.4, -0.2) is 126 Å². The van der Waals surface area contributed by atoms with Crippen LogP contribution >= 0.6 is 0 Å². The third kappa shape index (κ3) is 9.85. The maximum Gasteiger partial charge on any atom is 0.306 e. The number of esters is 1. The second-order valence-electron chi connectivity index (χ2n) is 21.8. The smallest absolute Gasteiger partial charge is 0.306 e. The molecule has 380 valence electrons. The number of carbonyl (C=O) groups excluding carboxylic acids is 3. The van der Waals surface area contributed by atoms with E-state index in [4.69, 9.17) is 20.4 Å². The van der Waals surface area contributed by atoms with Gasteiger partial charge in [-0.25, -0.2) is 19.9 Å². The number of hydrogen-bond acceptors (Lipinski definition) is 11. The van der Waals surface area contributed by atoms with Crippen LogP contribution in [-0.2, 0) is 36.7 Å². The van der Waals surface area contributed by atoms with E-state index in [-0.39, 0.29) is 30.1 Å². The summed E-state index contributed by atoms with van der Waals surface area (Å²) in [7, 11) is 4.02. The van der Waals surface area contributed by atoms with Crippen LogP contribution in [0.1, 0.15) is 86.4 Å². The van der Waals surface area contributed by atoms with Crippen molar-refractivity contribution in [3.05, 3.63) is 96.3 Å². The van der Waals surface area contributed by atoms with Crippen molar-refractivity contribution < 1.29 is 29.3 Å². The number of aliphatic hydroxyl groups excluding tert-OH is 2. The molecule has 0 bridgehead atoms. The first kappa shape index (κ1) is 48.3. The third-order valence-electron chi connectivity index (χ3n) is 15.0. The number of aryl methyl sites for hydroxylation is 2. The Bertz CT molecular complexity index is 3410. The Kier molecular flexibility index (Phi) is 12.7. The van der Waals surface area contributed by atoms with Crippen LogP contribution in [0.5, 0.6) is 0 Å². The van der Waals surface area contributed by atoms with E-state index >= 15 is 0 Å². The molecule has 17 nitrogen and oxygen atoms in total. The van der Waals surface area contributed by atoms with Crippen molar-refractivity contribution in [3.63, 3.8) is 0 Å². The van der Waals surface area contributed by atoms with E-state index < -0.39 is 23.9 Å². The van der Waals surface area contributed by atoms with Gasteiger partial charge in [-0.2, -0.15) is 0 Å². The van der Waals surface area contributed by atoms with Gasteiger partial charge in [0, 0.05) is 99.6 Å². The van der Waals surface area contributed by atoms with Gasteiger partial charge in [0.25, 0.3) is 11.8 Å². The van der Waals surface area contributed by atoms with Crippen molar-refractivity contribution in [2.24, 2.45) is 37.6 Å². The standard InChI is InChI=1S/C31H37N5O4.C25H28N6O2/c1-31(2,3)40-27(38)16-22-18-35(13-11-26(22)37)30(39)21-9-10-24-23(14-21)33-29(34(24)4)25-15-20-6-5-12-32-28(20)36(25)17-19-7-8-19;1-29-20-7-6-17(25(33)30-10-8-22(32)18(26)14-30)11-19(20)28-24(29)21-12-16-3-2-9-27-23(16)31(21)13-15-4-5-15/h5-6,9-10,12,14-15,19,22,26,37H,7-8,11,13,16-18H2,1-4H3;2-3,6-7,9,11-12,15,18,22,32H,4-5,8,10,13-14,26H2,1H3/t22-,26-;18-,22-/m00/s1. The molecule has 2 aromatic carbocycles. The normalized spacial score (nSPS) is 20.5. The molecule has 4 N–H and O–H groups in total. The Morgan fingerprint density at radius 2 is 1.14 bits per heavy atom. The number of amides is 2. The summed E-state index contributed by atoms with van der Waals surface area (Å²) in [6, 6.07) is 23.3. The molecule has 4 fully saturated rings. The summed E-state index contributed by atoms with van der Waals surface area (Å²) < 4.78 is 14.2. The second kappa shape index (κ2) is 19.1. The first-order valence-electron chi connectivity index (χ1n) is 25.8. The molecule has 4 aliphatic rings. The number of nitrogens with zero attached hydrogens (tertiary/aromatic N) is 10. The van der Waals surface area contributed by atoms with Gasteiger partial charge in [0.1, 0.15) is 16.9 Å². The van der Waals surface area contributed by atoms with Crippen LogP contribution in [0.15, 0.2) is 85.2 Å². The number of likely N-dealkylation sites (tertiary alicyclic amines) is 2. The van der Waals surface area contributed by atoms with Gasteiger partial charge in [-0.05, 0) is 144 Å². The molecular formula is C56H65N11O6. The van der Waals surface area contributed by atoms with Crippen molar-refractivity contribution in [1.82, 2.24) is 48.0 Å². The minimum absolute atomic E-state index is 0.0708. The molecule has 4 atom stereocenters. The maximum absolute atomic E-state index is 13.6. The minimum Gasteiger partial charge on any atom is -0.460 e. The molecule has 0 unspecified atom stereocenters. The summed E-state index contributed by atoms with van der Waals surface area (Å²) in [6.07, 6.45) is 8.49. The number of nitrogens with two attached hydrogens (primary N) is 1. The van der Waals surface area contributed by atoms with E-state index in [0.717, 1.165) is 80.3 Å². The molecule has 2 aliphatic carbocycles. The minimum atomic E-state index is -0.644. The van der Waals surface area contributed by atoms with E-state index in [9.17, 15) is 24.6 Å². The molecule has 12 rings (SSSR count). The molecule has 0 radical (unpaired) electrons.